The fraction of sp³-hybridized carbons (Fsp3) is 0.333. The minimum atomic E-state index is 0.309. The summed E-state index contributed by atoms with van der Waals surface area (Å²) in [6.45, 7) is 9.51. The molecule has 0 spiro atoms. The molecule has 136 valence electrons. The van der Waals surface area contributed by atoms with Crippen LogP contribution in [0.25, 0.3) is 11.4 Å². The summed E-state index contributed by atoms with van der Waals surface area (Å²) in [4.78, 5) is 6.83. The summed E-state index contributed by atoms with van der Waals surface area (Å²) in [5.41, 5.74) is 3.22. The molecule has 0 aliphatic carbocycles. The van der Waals surface area contributed by atoms with Crippen molar-refractivity contribution in [2.24, 2.45) is 0 Å². The predicted molar refractivity (Wildman–Crippen MR) is 103 cm³/mol. The Labute approximate surface area is 154 Å². The van der Waals surface area contributed by atoms with Gasteiger partial charge in [-0.05, 0) is 52.0 Å². The van der Waals surface area contributed by atoms with Crippen molar-refractivity contribution in [1.82, 2.24) is 10.1 Å². The number of hydrogen-bond acceptors (Lipinski definition) is 5. The highest BCUT2D eigenvalue weighted by Gasteiger charge is 2.17. The molecule has 2 aromatic carbocycles. The van der Waals surface area contributed by atoms with Gasteiger partial charge in [-0.2, -0.15) is 4.98 Å². The highest BCUT2D eigenvalue weighted by atomic mass is 16.5. The van der Waals surface area contributed by atoms with E-state index in [0.717, 1.165) is 17.0 Å². The first-order chi connectivity index (χ1) is 12.6. The van der Waals surface area contributed by atoms with Gasteiger partial charge in [0.15, 0.2) is 0 Å². The minimum Gasteiger partial charge on any atom is -0.493 e. The maximum atomic E-state index is 5.67. The van der Waals surface area contributed by atoms with Gasteiger partial charge in [-0.3, -0.25) is 0 Å². The fourth-order valence-electron chi connectivity index (χ4n) is 2.82. The molecule has 3 aromatic rings. The normalized spacial score (nSPS) is 11.0. The summed E-state index contributed by atoms with van der Waals surface area (Å²) in [5, 5.41) is 4.16. The van der Waals surface area contributed by atoms with Crippen LogP contribution in [0, 0.1) is 6.92 Å². The third kappa shape index (κ3) is 4.04. The van der Waals surface area contributed by atoms with E-state index in [1.165, 1.54) is 5.56 Å². The molecule has 0 radical (unpaired) electrons. The quantitative estimate of drug-likeness (QED) is 0.608. The van der Waals surface area contributed by atoms with Crippen LogP contribution in [0.15, 0.2) is 53.1 Å². The molecular weight excluding hydrogens is 326 g/mol. The van der Waals surface area contributed by atoms with E-state index in [2.05, 4.69) is 60.1 Å². The number of hydrogen-bond donors (Lipinski definition) is 0. The van der Waals surface area contributed by atoms with Crippen LogP contribution in [0.3, 0.4) is 0 Å². The van der Waals surface area contributed by atoms with E-state index in [1.807, 2.05) is 31.2 Å². The lowest BCUT2D eigenvalue weighted by Crippen LogP contribution is -2.30. The summed E-state index contributed by atoms with van der Waals surface area (Å²) < 4.78 is 11.2. The van der Waals surface area contributed by atoms with Crippen molar-refractivity contribution >= 4 is 5.69 Å². The Morgan fingerprint density at radius 1 is 1.08 bits per heavy atom. The number of aryl methyl sites for hydroxylation is 1. The Bertz CT molecular complexity index is 840. The second kappa shape index (κ2) is 8.04. The van der Waals surface area contributed by atoms with Gasteiger partial charge in [0.1, 0.15) is 5.75 Å². The van der Waals surface area contributed by atoms with Crippen LogP contribution in [0.2, 0.25) is 0 Å². The summed E-state index contributed by atoms with van der Waals surface area (Å²) in [7, 11) is 0. The molecule has 0 saturated carbocycles. The number of benzene rings is 2. The topological polar surface area (TPSA) is 51.4 Å². The molecule has 1 aromatic heterocycles. The Balaban J connectivity index is 1.84. The van der Waals surface area contributed by atoms with E-state index in [4.69, 9.17) is 9.26 Å². The van der Waals surface area contributed by atoms with Crippen LogP contribution in [0.1, 0.15) is 32.2 Å². The van der Waals surface area contributed by atoms with Gasteiger partial charge >= 0.3 is 0 Å². The molecule has 0 N–H and O–H groups in total. The van der Waals surface area contributed by atoms with Gasteiger partial charge in [0, 0.05) is 11.7 Å². The first-order valence-corrected chi connectivity index (χ1v) is 8.96. The number of nitrogens with zero attached hydrogens (tertiary/aromatic N) is 3. The van der Waals surface area contributed by atoms with Gasteiger partial charge in [-0.25, -0.2) is 0 Å². The molecule has 5 nitrogen and oxygen atoms in total. The van der Waals surface area contributed by atoms with E-state index >= 15 is 0 Å². The van der Waals surface area contributed by atoms with Crippen molar-refractivity contribution in [3.8, 4) is 17.1 Å². The SMILES string of the molecule is CCOc1ccccc1-c1noc(CN(c2ccc(C)cc2)C(C)C)n1. The summed E-state index contributed by atoms with van der Waals surface area (Å²) in [5.74, 6) is 1.90. The average molecular weight is 351 g/mol. The summed E-state index contributed by atoms with van der Waals surface area (Å²) in [6, 6.07) is 16.5. The Morgan fingerprint density at radius 2 is 1.81 bits per heavy atom. The monoisotopic (exact) mass is 351 g/mol. The summed E-state index contributed by atoms with van der Waals surface area (Å²) >= 11 is 0. The lowest BCUT2D eigenvalue weighted by Gasteiger charge is -2.27. The molecule has 0 bridgehead atoms. The van der Waals surface area contributed by atoms with Gasteiger partial charge in [-0.1, -0.05) is 35.0 Å². The van der Waals surface area contributed by atoms with Gasteiger partial charge in [0.25, 0.3) is 0 Å². The number of para-hydroxylation sites is 1. The van der Waals surface area contributed by atoms with E-state index < -0.39 is 0 Å². The zero-order valence-corrected chi connectivity index (χ0v) is 15.8. The first kappa shape index (κ1) is 18.0. The van der Waals surface area contributed by atoms with Crippen molar-refractivity contribution in [1.29, 1.82) is 0 Å². The first-order valence-electron chi connectivity index (χ1n) is 8.96. The molecule has 0 atom stereocenters. The lowest BCUT2D eigenvalue weighted by molar-refractivity contribution is 0.340. The lowest BCUT2D eigenvalue weighted by atomic mass is 10.2. The average Bonchev–Trinajstić information content (AvgIpc) is 3.10. The van der Waals surface area contributed by atoms with E-state index in [-0.39, 0.29) is 0 Å². The second-order valence-electron chi connectivity index (χ2n) is 6.50. The van der Waals surface area contributed by atoms with E-state index in [0.29, 0.717) is 30.9 Å². The highest BCUT2D eigenvalue weighted by Crippen LogP contribution is 2.28. The molecular formula is C21H25N3O2. The van der Waals surface area contributed by atoms with Crippen molar-refractivity contribution in [3.05, 3.63) is 60.0 Å². The van der Waals surface area contributed by atoms with Crippen molar-refractivity contribution in [2.75, 3.05) is 11.5 Å². The molecule has 0 aliphatic heterocycles. The third-order valence-corrected chi connectivity index (χ3v) is 4.19. The molecule has 0 amide bonds. The second-order valence-corrected chi connectivity index (χ2v) is 6.50. The number of rotatable bonds is 7. The minimum absolute atomic E-state index is 0.309. The third-order valence-electron chi connectivity index (χ3n) is 4.19. The van der Waals surface area contributed by atoms with Gasteiger partial charge in [-0.15, -0.1) is 0 Å². The van der Waals surface area contributed by atoms with Crippen molar-refractivity contribution in [2.45, 2.75) is 40.3 Å². The number of anilines is 1. The Kier molecular flexibility index (Phi) is 5.56. The van der Waals surface area contributed by atoms with Crippen LogP contribution < -0.4 is 9.64 Å². The molecule has 0 aliphatic rings. The number of ether oxygens (including phenoxy) is 1. The molecule has 0 fully saturated rings. The van der Waals surface area contributed by atoms with Crippen LogP contribution in [0.4, 0.5) is 5.69 Å². The highest BCUT2D eigenvalue weighted by molar-refractivity contribution is 5.63. The zero-order valence-electron chi connectivity index (χ0n) is 15.8. The predicted octanol–water partition coefficient (Wildman–Crippen LogP) is 4.86. The Hall–Kier alpha value is -2.82. The molecule has 1 heterocycles. The van der Waals surface area contributed by atoms with Gasteiger partial charge in [0.05, 0.1) is 18.7 Å². The van der Waals surface area contributed by atoms with Crippen LogP contribution in [0.5, 0.6) is 5.75 Å². The molecule has 0 saturated heterocycles. The fourth-order valence-corrected chi connectivity index (χ4v) is 2.82. The van der Waals surface area contributed by atoms with Gasteiger partial charge in [0.2, 0.25) is 11.7 Å². The standard InChI is InChI=1S/C21H25N3O2/c1-5-25-19-9-7-6-8-18(19)21-22-20(26-23-21)14-24(15(2)3)17-12-10-16(4)11-13-17/h6-13,15H,5,14H2,1-4H3. The number of aromatic nitrogens is 2. The van der Waals surface area contributed by atoms with Crippen LogP contribution >= 0.6 is 0 Å². The zero-order chi connectivity index (χ0) is 18.5. The molecule has 26 heavy (non-hydrogen) atoms. The van der Waals surface area contributed by atoms with Crippen LogP contribution in [-0.4, -0.2) is 22.8 Å². The maximum absolute atomic E-state index is 5.67. The maximum Gasteiger partial charge on any atom is 0.246 e. The van der Waals surface area contributed by atoms with Crippen LogP contribution in [-0.2, 0) is 6.54 Å². The molecule has 3 rings (SSSR count). The van der Waals surface area contributed by atoms with Crippen molar-refractivity contribution < 1.29 is 9.26 Å². The largest absolute Gasteiger partial charge is 0.493 e. The smallest absolute Gasteiger partial charge is 0.246 e. The van der Waals surface area contributed by atoms with E-state index in [9.17, 15) is 0 Å². The molecule has 0 unspecified atom stereocenters. The Morgan fingerprint density at radius 3 is 2.50 bits per heavy atom. The molecule has 5 heteroatoms. The van der Waals surface area contributed by atoms with Crippen molar-refractivity contribution in [3.63, 3.8) is 0 Å². The summed E-state index contributed by atoms with van der Waals surface area (Å²) in [6.07, 6.45) is 0. The van der Waals surface area contributed by atoms with Gasteiger partial charge < -0.3 is 14.2 Å². The van der Waals surface area contributed by atoms with E-state index in [1.54, 1.807) is 0 Å².